The molecule has 0 bridgehead atoms. The predicted molar refractivity (Wildman–Crippen MR) is 102 cm³/mol. The number of nitrogens with one attached hydrogen (secondary N) is 1. The smallest absolute Gasteiger partial charge is 0.276 e. The van der Waals surface area contributed by atoms with Crippen molar-refractivity contribution in [1.82, 2.24) is 25.2 Å². The molecular weight excluding hydrogens is 362 g/mol. The lowest BCUT2D eigenvalue weighted by Crippen LogP contribution is -2.48. The van der Waals surface area contributed by atoms with Crippen LogP contribution in [0.5, 0.6) is 0 Å². The molecule has 1 amide bonds. The van der Waals surface area contributed by atoms with Crippen LogP contribution in [0.3, 0.4) is 0 Å². The number of nitro groups is 1. The number of non-ortho nitro benzene ring substituents is 1. The van der Waals surface area contributed by atoms with Crippen molar-refractivity contribution < 1.29 is 9.72 Å². The van der Waals surface area contributed by atoms with Gasteiger partial charge in [-0.05, 0) is 32.0 Å². The van der Waals surface area contributed by atoms with Gasteiger partial charge in [0.25, 0.3) is 11.6 Å². The largest absolute Gasteiger partial charge is 0.368 e. The molecule has 10 nitrogen and oxygen atoms in total. The first-order chi connectivity index (χ1) is 13.6. The first-order valence-electron chi connectivity index (χ1n) is 9.53. The van der Waals surface area contributed by atoms with E-state index in [4.69, 9.17) is 0 Å². The van der Waals surface area contributed by atoms with Crippen molar-refractivity contribution in [3.05, 3.63) is 46.3 Å². The van der Waals surface area contributed by atoms with E-state index in [2.05, 4.69) is 20.5 Å². The summed E-state index contributed by atoms with van der Waals surface area (Å²) in [6.45, 7) is 4.23. The molecule has 4 rings (SSSR count). The number of rotatable bonds is 4. The number of hydrogen-bond donors (Lipinski definition) is 1. The Balaban J connectivity index is 1.37. The lowest BCUT2D eigenvalue weighted by molar-refractivity contribution is -0.384. The molecule has 0 radical (unpaired) electrons. The fourth-order valence-corrected chi connectivity index (χ4v) is 3.76. The van der Waals surface area contributed by atoms with E-state index in [1.807, 2.05) is 10.7 Å². The molecule has 2 aromatic rings. The van der Waals surface area contributed by atoms with E-state index in [1.54, 1.807) is 23.2 Å². The van der Waals surface area contributed by atoms with Crippen LogP contribution in [0.4, 0.5) is 11.4 Å². The van der Waals surface area contributed by atoms with Gasteiger partial charge in [0.1, 0.15) is 0 Å². The van der Waals surface area contributed by atoms with Crippen molar-refractivity contribution in [1.29, 1.82) is 0 Å². The van der Waals surface area contributed by atoms with Gasteiger partial charge in [-0.3, -0.25) is 14.9 Å². The second-order valence-corrected chi connectivity index (χ2v) is 7.12. The average Bonchev–Trinajstić information content (AvgIpc) is 3.24. The number of piperazine rings is 1. The Morgan fingerprint density at radius 2 is 1.93 bits per heavy atom. The lowest BCUT2D eigenvalue weighted by atomic mass is 10.1. The van der Waals surface area contributed by atoms with Crippen LogP contribution in [0.2, 0.25) is 0 Å². The van der Waals surface area contributed by atoms with Crippen LogP contribution in [-0.2, 0) is 0 Å². The highest BCUT2D eigenvalue weighted by atomic mass is 16.6. The summed E-state index contributed by atoms with van der Waals surface area (Å²) in [4.78, 5) is 27.2. The molecule has 28 heavy (non-hydrogen) atoms. The number of nitro benzene ring substituents is 1. The van der Waals surface area contributed by atoms with Crippen LogP contribution in [-0.4, -0.2) is 70.0 Å². The molecule has 0 aliphatic carbocycles. The molecule has 1 aromatic heterocycles. The highest BCUT2D eigenvalue weighted by Crippen LogP contribution is 2.23. The number of carbonyl (C=O) groups excluding carboxylic acids is 1. The van der Waals surface area contributed by atoms with Crippen LogP contribution in [0.1, 0.15) is 29.4 Å². The lowest BCUT2D eigenvalue weighted by Gasteiger charge is -2.35. The van der Waals surface area contributed by atoms with Crippen molar-refractivity contribution >= 4 is 17.3 Å². The zero-order chi connectivity index (χ0) is 19.5. The number of nitrogens with zero attached hydrogens (tertiary/aromatic N) is 6. The molecule has 3 heterocycles. The van der Waals surface area contributed by atoms with Crippen molar-refractivity contribution in [3.63, 3.8) is 0 Å². The van der Waals surface area contributed by atoms with Gasteiger partial charge in [0, 0.05) is 44.0 Å². The zero-order valence-corrected chi connectivity index (χ0v) is 15.5. The minimum Gasteiger partial charge on any atom is -0.368 e. The molecule has 0 saturated carbocycles. The van der Waals surface area contributed by atoms with Crippen LogP contribution in [0, 0.1) is 10.1 Å². The number of amides is 1. The Hall–Kier alpha value is -3.01. The highest BCUT2D eigenvalue weighted by Gasteiger charge is 2.26. The molecule has 2 saturated heterocycles. The molecule has 2 fully saturated rings. The van der Waals surface area contributed by atoms with Gasteiger partial charge in [0.2, 0.25) is 0 Å². The van der Waals surface area contributed by atoms with Gasteiger partial charge in [-0.2, -0.15) is 0 Å². The molecule has 1 aromatic carbocycles. The van der Waals surface area contributed by atoms with Gasteiger partial charge in [0.05, 0.1) is 17.2 Å². The monoisotopic (exact) mass is 385 g/mol. The van der Waals surface area contributed by atoms with Gasteiger partial charge in [-0.1, -0.05) is 11.3 Å². The Kier molecular flexibility index (Phi) is 5.20. The van der Waals surface area contributed by atoms with Crippen molar-refractivity contribution in [3.8, 4) is 0 Å². The maximum absolute atomic E-state index is 12.8. The minimum atomic E-state index is -0.394. The topological polar surface area (TPSA) is 109 Å². The Labute approximate surface area is 162 Å². The van der Waals surface area contributed by atoms with Gasteiger partial charge in [-0.15, -0.1) is 5.10 Å². The van der Waals surface area contributed by atoms with Crippen molar-refractivity contribution in [2.45, 2.75) is 18.9 Å². The fraction of sp³-hybridized carbons (Fsp3) is 0.500. The number of piperidine rings is 1. The Morgan fingerprint density at radius 1 is 1.18 bits per heavy atom. The first-order valence-corrected chi connectivity index (χ1v) is 9.53. The van der Waals surface area contributed by atoms with E-state index in [1.165, 1.54) is 6.07 Å². The minimum absolute atomic E-state index is 0.0746. The van der Waals surface area contributed by atoms with Gasteiger partial charge in [-0.25, -0.2) is 4.68 Å². The van der Waals surface area contributed by atoms with Crippen LogP contribution in [0.25, 0.3) is 0 Å². The van der Waals surface area contributed by atoms with E-state index in [9.17, 15) is 14.9 Å². The molecule has 148 valence electrons. The summed E-state index contributed by atoms with van der Waals surface area (Å²) in [5.41, 5.74) is 1.26. The summed E-state index contributed by atoms with van der Waals surface area (Å²) in [6, 6.07) is 6.89. The van der Waals surface area contributed by atoms with Gasteiger partial charge in [0.15, 0.2) is 5.69 Å². The third-order valence-corrected chi connectivity index (χ3v) is 5.38. The molecule has 0 spiro atoms. The SMILES string of the molecule is O=C(c1cn(C2CCNCC2)nn1)N1CCN(c2cccc([N+](=O)[O-])c2)CC1. The third kappa shape index (κ3) is 3.81. The quantitative estimate of drug-likeness (QED) is 0.619. The van der Waals surface area contributed by atoms with E-state index < -0.39 is 4.92 Å². The molecule has 0 atom stereocenters. The summed E-state index contributed by atoms with van der Waals surface area (Å²) in [6.07, 6.45) is 3.73. The van der Waals surface area contributed by atoms with E-state index in [0.717, 1.165) is 31.6 Å². The normalized spacial score (nSPS) is 18.3. The maximum Gasteiger partial charge on any atom is 0.276 e. The third-order valence-electron chi connectivity index (χ3n) is 5.38. The molecule has 10 heteroatoms. The second kappa shape index (κ2) is 7.93. The zero-order valence-electron chi connectivity index (χ0n) is 15.5. The fourth-order valence-electron chi connectivity index (χ4n) is 3.76. The van der Waals surface area contributed by atoms with Crippen LogP contribution >= 0.6 is 0 Å². The predicted octanol–water partition coefficient (Wildman–Crippen LogP) is 1.07. The number of hydrogen-bond acceptors (Lipinski definition) is 7. The number of anilines is 1. The van der Waals surface area contributed by atoms with Gasteiger partial charge < -0.3 is 15.1 Å². The maximum atomic E-state index is 12.8. The number of benzene rings is 1. The molecule has 1 N–H and O–H groups in total. The Bertz CT molecular complexity index is 854. The molecule has 2 aliphatic heterocycles. The van der Waals surface area contributed by atoms with Crippen molar-refractivity contribution in [2.75, 3.05) is 44.2 Å². The van der Waals surface area contributed by atoms with Gasteiger partial charge >= 0.3 is 0 Å². The average molecular weight is 385 g/mol. The Morgan fingerprint density at radius 3 is 2.64 bits per heavy atom. The molecule has 0 unspecified atom stereocenters. The van der Waals surface area contributed by atoms with Crippen LogP contribution < -0.4 is 10.2 Å². The summed E-state index contributed by atoms with van der Waals surface area (Å²) in [5.74, 6) is -0.112. The molecule has 2 aliphatic rings. The summed E-state index contributed by atoms with van der Waals surface area (Å²) < 4.78 is 1.81. The van der Waals surface area contributed by atoms with E-state index in [-0.39, 0.29) is 11.6 Å². The molecular formula is C18H23N7O3. The summed E-state index contributed by atoms with van der Waals surface area (Å²) in [5, 5.41) is 22.5. The van der Waals surface area contributed by atoms with E-state index >= 15 is 0 Å². The first kappa shape index (κ1) is 18.4. The highest BCUT2D eigenvalue weighted by molar-refractivity contribution is 5.92. The van der Waals surface area contributed by atoms with Crippen LogP contribution in [0.15, 0.2) is 30.5 Å². The summed E-state index contributed by atoms with van der Waals surface area (Å²) >= 11 is 0. The standard InChI is InChI=1S/C18H23N7O3/c26-18(17-13-24(21-20-17)14-4-6-19-7-5-14)23-10-8-22(9-11-23)15-2-1-3-16(12-15)25(27)28/h1-3,12-14,19H,4-11H2. The second-order valence-electron chi connectivity index (χ2n) is 7.12. The van der Waals surface area contributed by atoms with Crippen molar-refractivity contribution in [2.24, 2.45) is 0 Å². The number of aromatic nitrogens is 3. The van der Waals surface area contributed by atoms with E-state index in [0.29, 0.717) is 37.9 Å². The number of carbonyl (C=O) groups is 1. The summed E-state index contributed by atoms with van der Waals surface area (Å²) in [7, 11) is 0.